The number of rotatable bonds is 8. The fraction of sp³-hybridized carbons (Fsp3) is 0.800. The van der Waals surface area contributed by atoms with Crippen molar-refractivity contribution in [1.82, 2.24) is 6.15 Å². The molecule has 0 saturated carbocycles. The van der Waals surface area contributed by atoms with Gasteiger partial charge in [-0.25, -0.2) is 0 Å². The highest BCUT2D eigenvalue weighted by Gasteiger charge is 2.09. The zero-order valence-corrected chi connectivity index (χ0v) is 15.9. The fourth-order valence-corrected chi connectivity index (χ4v) is 1.72. The van der Waals surface area contributed by atoms with Gasteiger partial charge in [0.1, 0.15) is 12.1 Å². The SMILES string of the molecule is CSCC[C@H](N)C(=O)O.CSCC[C@H](N)C(=O)O.Cl.N.O=S. The Bertz CT molecular complexity index is 244. The molecule has 0 aromatic heterocycles. The van der Waals surface area contributed by atoms with Gasteiger partial charge in [0, 0.05) is 0 Å². The number of hydrogen-bond acceptors (Lipinski definition) is 9. The van der Waals surface area contributed by atoms with Crippen molar-refractivity contribution in [3.8, 4) is 0 Å². The zero-order valence-electron chi connectivity index (χ0n) is 12.6. The van der Waals surface area contributed by atoms with Gasteiger partial charge in [-0.05, 0) is 36.9 Å². The summed E-state index contributed by atoms with van der Waals surface area (Å²) < 4.78 is 7.83. The van der Waals surface area contributed by atoms with Crippen molar-refractivity contribution in [2.45, 2.75) is 24.9 Å². The molecule has 2 atom stereocenters. The summed E-state index contributed by atoms with van der Waals surface area (Å²) >= 11 is 6.04. The van der Waals surface area contributed by atoms with Crippen LogP contribution >= 0.6 is 35.9 Å². The quantitative estimate of drug-likeness (QED) is 0.384. The predicted molar refractivity (Wildman–Crippen MR) is 97.6 cm³/mol. The van der Waals surface area contributed by atoms with E-state index >= 15 is 0 Å². The van der Waals surface area contributed by atoms with Crippen LogP contribution in [0.5, 0.6) is 0 Å². The highest BCUT2D eigenvalue weighted by Crippen LogP contribution is 1.98. The van der Waals surface area contributed by atoms with Gasteiger partial charge in [-0.15, -0.1) is 12.4 Å². The van der Waals surface area contributed by atoms with Crippen molar-refractivity contribution in [1.29, 1.82) is 0 Å². The molecule has 8 nitrogen and oxygen atoms in total. The zero-order chi connectivity index (χ0) is 16.6. The van der Waals surface area contributed by atoms with Gasteiger partial charge < -0.3 is 27.8 Å². The van der Waals surface area contributed by atoms with E-state index in [1.165, 1.54) is 0 Å². The predicted octanol–water partition coefficient (Wildman–Crippen LogP) is 0.550. The summed E-state index contributed by atoms with van der Waals surface area (Å²) in [5.41, 5.74) is 10.4. The molecular formula is C10H26ClN3O5S3. The van der Waals surface area contributed by atoms with Crippen molar-refractivity contribution < 1.29 is 24.0 Å². The number of carbonyl (C=O) groups is 2. The van der Waals surface area contributed by atoms with Crippen molar-refractivity contribution >= 4 is 60.4 Å². The van der Waals surface area contributed by atoms with Crippen LogP contribution in [0.1, 0.15) is 12.8 Å². The standard InChI is InChI=1S/2C5H11NO2S.ClH.H3N.OS/c2*1-9-3-2-4(6)5(7)8;;;1-2/h2*4H,2-3,6H2,1H3,(H,7,8);1H;1H3;/t2*4-;;;/m00.../s1. The van der Waals surface area contributed by atoms with Crippen LogP contribution in [0.2, 0.25) is 0 Å². The summed E-state index contributed by atoms with van der Waals surface area (Å²) in [4.78, 5) is 20.1. The van der Waals surface area contributed by atoms with Crippen LogP contribution in [0, 0.1) is 0 Å². The summed E-state index contributed by atoms with van der Waals surface area (Å²) in [5.74, 6) is -0.200. The van der Waals surface area contributed by atoms with Crippen molar-refractivity contribution in [3.63, 3.8) is 0 Å². The lowest BCUT2D eigenvalue weighted by molar-refractivity contribution is -0.139. The summed E-state index contributed by atoms with van der Waals surface area (Å²) in [6, 6.07) is -1.37. The van der Waals surface area contributed by atoms with Gasteiger partial charge in [0.15, 0.2) is 12.5 Å². The number of carboxylic acids is 2. The molecule has 0 rings (SSSR count). The van der Waals surface area contributed by atoms with Crippen LogP contribution in [0.3, 0.4) is 0 Å². The lowest BCUT2D eigenvalue weighted by atomic mass is 10.2. The minimum Gasteiger partial charge on any atom is -0.480 e. The molecule has 0 aliphatic heterocycles. The Kier molecular flexibility index (Phi) is 39.2. The monoisotopic (exact) mass is 399 g/mol. The number of halogens is 1. The largest absolute Gasteiger partial charge is 0.480 e. The smallest absolute Gasteiger partial charge is 0.320 e. The summed E-state index contributed by atoms with van der Waals surface area (Å²) in [6.07, 6.45) is 4.95. The lowest BCUT2D eigenvalue weighted by Gasteiger charge is -2.02. The van der Waals surface area contributed by atoms with Gasteiger partial charge in [-0.1, -0.05) is 0 Å². The normalized spacial score (nSPS) is 10.9. The molecule has 0 unspecified atom stereocenters. The number of thioether (sulfide) groups is 2. The third-order valence-electron chi connectivity index (χ3n) is 1.90. The molecule has 0 aromatic rings. The second-order valence-corrected chi connectivity index (χ2v) is 5.42. The molecule has 0 aliphatic carbocycles. The maximum atomic E-state index is 10.1. The molecule has 0 aromatic carbocycles. The first-order valence-corrected chi connectivity index (χ1v) is 8.60. The average Bonchev–Trinajstić information content (AvgIpc) is 2.44. The summed E-state index contributed by atoms with van der Waals surface area (Å²) in [5, 5.41) is 16.5. The van der Waals surface area contributed by atoms with Gasteiger partial charge in [0.2, 0.25) is 0 Å². The Morgan fingerprint density at radius 2 is 1.18 bits per heavy atom. The first-order chi connectivity index (χ1) is 9.36. The van der Waals surface area contributed by atoms with Crippen LogP contribution in [0.4, 0.5) is 0 Å². The summed E-state index contributed by atoms with van der Waals surface area (Å²) in [7, 11) is 0. The second kappa shape index (κ2) is 25.8. The van der Waals surface area contributed by atoms with E-state index in [0.717, 1.165) is 11.5 Å². The van der Waals surface area contributed by atoms with E-state index in [1.54, 1.807) is 23.5 Å². The minimum atomic E-state index is -0.913. The van der Waals surface area contributed by atoms with E-state index in [1.807, 2.05) is 12.5 Å². The fourth-order valence-electron chi connectivity index (χ4n) is 0.737. The molecule has 0 spiro atoms. The maximum Gasteiger partial charge on any atom is 0.320 e. The van der Waals surface area contributed by atoms with E-state index in [2.05, 4.69) is 12.5 Å². The molecule has 0 radical (unpaired) electrons. The van der Waals surface area contributed by atoms with Crippen LogP contribution in [0.15, 0.2) is 0 Å². The Morgan fingerprint density at radius 3 is 1.32 bits per heavy atom. The average molecular weight is 400 g/mol. The highest BCUT2D eigenvalue weighted by molar-refractivity contribution is 7.98. The minimum absolute atomic E-state index is 0. The molecular weight excluding hydrogens is 374 g/mol. The van der Waals surface area contributed by atoms with Gasteiger partial charge in [-0.3, -0.25) is 9.59 Å². The molecule has 9 N–H and O–H groups in total. The van der Waals surface area contributed by atoms with Crippen molar-refractivity contribution in [3.05, 3.63) is 0 Å². The van der Waals surface area contributed by atoms with Crippen LogP contribution in [-0.4, -0.2) is 62.5 Å². The third-order valence-corrected chi connectivity index (χ3v) is 3.19. The molecule has 0 bridgehead atoms. The molecule has 0 heterocycles. The summed E-state index contributed by atoms with van der Waals surface area (Å²) in [6.45, 7) is 0. The molecule has 12 heteroatoms. The lowest BCUT2D eigenvalue weighted by Crippen LogP contribution is -2.30. The number of carboxylic acid groups (broad SMARTS) is 2. The van der Waals surface area contributed by atoms with Crippen molar-refractivity contribution in [2.24, 2.45) is 11.5 Å². The highest BCUT2D eigenvalue weighted by atomic mass is 35.5. The molecule has 136 valence electrons. The molecule has 0 saturated heterocycles. The van der Waals surface area contributed by atoms with Gasteiger partial charge in [0.25, 0.3) is 0 Å². The van der Waals surface area contributed by atoms with E-state index in [4.69, 9.17) is 25.9 Å². The Morgan fingerprint density at radius 1 is 0.955 bits per heavy atom. The van der Waals surface area contributed by atoms with E-state index in [0.29, 0.717) is 12.8 Å². The van der Waals surface area contributed by atoms with Gasteiger partial charge in [0.05, 0.1) is 0 Å². The van der Waals surface area contributed by atoms with Crippen LogP contribution in [-0.2, 0) is 22.1 Å². The van der Waals surface area contributed by atoms with Gasteiger partial charge in [-0.2, -0.15) is 27.7 Å². The maximum absolute atomic E-state index is 10.1. The van der Waals surface area contributed by atoms with Crippen LogP contribution < -0.4 is 17.6 Å². The Balaban J connectivity index is -0.0000000726. The Labute approximate surface area is 151 Å². The Hall–Kier alpha value is -0.170. The molecule has 22 heavy (non-hydrogen) atoms. The first-order valence-electron chi connectivity index (χ1n) is 5.48. The molecule has 0 fully saturated rings. The van der Waals surface area contributed by atoms with E-state index in [-0.39, 0.29) is 18.6 Å². The molecule has 0 aliphatic rings. The van der Waals surface area contributed by atoms with Crippen molar-refractivity contribution in [2.75, 3.05) is 24.0 Å². The topological polar surface area (TPSA) is 179 Å². The second-order valence-electron chi connectivity index (χ2n) is 3.45. The third kappa shape index (κ3) is 28.1. The van der Waals surface area contributed by atoms with E-state index < -0.39 is 24.0 Å². The van der Waals surface area contributed by atoms with Crippen LogP contribution in [0.25, 0.3) is 0 Å². The number of nitrogens with two attached hydrogens (primary N) is 2. The number of aliphatic carboxylic acids is 2. The van der Waals surface area contributed by atoms with E-state index in [9.17, 15) is 9.59 Å². The number of hydrogen-bond donors (Lipinski definition) is 5. The molecule has 0 amide bonds. The first kappa shape index (κ1) is 33.4. The van der Waals surface area contributed by atoms with Gasteiger partial charge >= 0.3 is 11.9 Å².